The monoisotopic (exact) mass is 470 g/mol. The molecule has 0 bridgehead atoms. The van der Waals surface area contributed by atoms with Crippen molar-refractivity contribution in [3.63, 3.8) is 0 Å². The lowest BCUT2D eigenvalue weighted by Gasteiger charge is -2.48. The number of likely N-dealkylation sites (tertiary alicyclic amines) is 1. The number of azide groups is 1. The van der Waals surface area contributed by atoms with Crippen LogP contribution in [0.15, 0.2) is 5.11 Å². The quantitative estimate of drug-likeness (QED) is 0.0947. The van der Waals surface area contributed by atoms with Crippen molar-refractivity contribution in [2.75, 3.05) is 26.1 Å². The van der Waals surface area contributed by atoms with Crippen LogP contribution in [-0.4, -0.2) is 80.0 Å². The van der Waals surface area contributed by atoms with Crippen LogP contribution >= 0.6 is 7.60 Å². The Bertz CT molecular complexity index is 862. The molecule has 1 amide bonds. The molecular formula is C14H23N4O10PS. The third-order valence-electron chi connectivity index (χ3n) is 3.96. The van der Waals surface area contributed by atoms with Crippen LogP contribution in [0.3, 0.4) is 0 Å². The lowest BCUT2D eigenvalue weighted by Crippen LogP contribution is -2.68. The Hall–Kier alpha value is -2.02. The van der Waals surface area contributed by atoms with Gasteiger partial charge in [0, 0.05) is 11.3 Å². The Morgan fingerprint density at radius 2 is 1.90 bits per heavy atom. The summed E-state index contributed by atoms with van der Waals surface area (Å²) in [4.78, 5) is 39.4. The van der Waals surface area contributed by atoms with Gasteiger partial charge in [0.1, 0.15) is 12.6 Å². The Labute approximate surface area is 172 Å². The van der Waals surface area contributed by atoms with Gasteiger partial charge in [-0.3, -0.25) is 18.3 Å². The summed E-state index contributed by atoms with van der Waals surface area (Å²) in [6, 6.07) is -2.41. The molecule has 1 N–H and O–H groups in total. The standard InChI is InChI=1S/C14H23N4O10PS/c1-4-26-29(23,27-5-2)13(14(21)22)18-10(11(12(18)20)16-17-15)7-6-9(19)8-28-30(3,24)25/h10-11,13H,4-8H2,1-3H3,(H,21,22). The number of carboxylic acids is 1. The van der Waals surface area contributed by atoms with Gasteiger partial charge in [0.15, 0.2) is 5.78 Å². The van der Waals surface area contributed by atoms with Crippen molar-refractivity contribution >= 4 is 35.4 Å². The zero-order valence-electron chi connectivity index (χ0n) is 16.5. The van der Waals surface area contributed by atoms with Gasteiger partial charge < -0.3 is 19.1 Å². The first kappa shape index (κ1) is 26.0. The zero-order valence-corrected chi connectivity index (χ0v) is 18.2. The maximum absolute atomic E-state index is 13.0. The van der Waals surface area contributed by atoms with E-state index in [9.17, 15) is 32.5 Å². The van der Waals surface area contributed by atoms with Crippen molar-refractivity contribution in [2.45, 2.75) is 44.6 Å². The van der Waals surface area contributed by atoms with Gasteiger partial charge in [0.25, 0.3) is 10.1 Å². The largest absolute Gasteiger partial charge is 0.479 e. The summed E-state index contributed by atoms with van der Waals surface area (Å²) in [5, 5.41) is 12.9. The first-order valence-corrected chi connectivity index (χ1v) is 12.2. The number of hydrogen-bond acceptors (Lipinski definition) is 10. The molecule has 1 saturated heterocycles. The highest BCUT2D eigenvalue weighted by atomic mass is 32.2. The molecule has 16 heteroatoms. The number of carboxylic acid groups (broad SMARTS) is 1. The highest BCUT2D eigenvalue weighted by Gasteiger charge is 2.58. The number of ketones is 1. The van der Waals surface area contributed by atoms with Crippen LogP contribution < -0.4 is 0 Å². The summed E-state index contributed by atoms with van der Waals surface area (Å²) >= 11 is 0. The van der Waals surface area contributed by atoms with Gasteiger partial charge >= 0.3 is 13.6 Å². The molecule has 0 spiro atoms. The smallest absolute Gasteiger partial charge is 0.364 e. The van der Waals surface area contributed by atoms with Crippen LogP contribution in [-0.2, 0) is 42.3 Å². The zero-order chi connectivity index (χ0) is 23.1. The number of amides is 1. The van der Waals surface area contributed by atoms with Gasteiger partial charge in [0.2, 0.25) is 11.7 Å². The van der Waals surface area contributed by atoms with E-state index in [-0.39, 0.29) is 26.1 Å². The lowest BCUT2D eigenvalue weighted by atomic mass is 9.90. The lowest BCUT2D eigenvalue weighted by molar-refractivity contribution is -0.161. The molecule has 0 aromatic carbocycles. The second-order valence-electron chi connectivity index (χ2n) is 6.09. The second kappa shape index (κ2) is 10.8. The summed E-state index contributed by atoms with van der Waals surface area (Å²) in [7, 11) is -8.17. The van der Waals surface area contributed by atoms with Crippen LogP contribution in [0.1, 0.15) is 26.7 Å². The van der Waals surface area contributed by atoms with Gasteiger partial charge in [0.05, 0.1) is 25.5 Å². The van der Waals surface area contributed by atoms with Crippen molar-refractivity contribution in [1.29, 1.82) is 0 Å². The van der Waals surface area contributed by atoms with Gasteiger partial charge in [-0.25, -0.2) is 4.79 Å². The predicted octanol–water partition coefficient (Wildman–Crippen LogP) is 0.878. The Morgan fingerprint density at radius 3 is 2.33 bits per heavy atom. The summed E-state index contributed by atoms with van der Waals surface area (Å²) < 4.78 is 49.4. The number of carbonyl (C=O) groups is 3. The van der Waals surface area contributed by atoms with E-state index in [0.29, 0.717) is 4.90 Å². The van der Waals surface area contributed by atoms with Gasteiger partial charge in [-0.05, 0) is 25.8 Å². The Morgan fingerprint density at radius 1 is 1.33 bits per heavy atom. The molecule has 0 radical (unpaired) electrons. The Kier molecular flexibility index (Phi) is 9.40. The minimum atomic E-state index is -4.33. The summed E-state index contributed by atoms with van der Waals surface area (Å²) in [5.41, 5.74) is 8.66. The van der Waals surface area contributed by atoms with E-state index in [1.54, 1.807) is 0 Å². The highest BCUT2D eigenvalue weighted by molar-refractivity contribution is 7.86. The number of Topliss-reactive ketones (excluding diaryl/α,β-unsaturated/α-hetero) is 1. The van der Waals surface area contributed by atoms with Crippen LogP contribution in [0.25, 0.3) is 10.4 Å². The molecule has 3 unspecified atom stereocenters. The van der Waals surface area contributed by atoms with Gasteiger partial charge in [-0.1, -0.05) is 5.11 Å². The van der Waals surface area contributed by atoms with E-state index in [1.807, 2.05) is 0 Å². The molecule has 1 aliphatic rings. The molecule has 1 rings (SSSR count). The third kappa shape index (κ3) is 6.49. The molecule has 0 aliphatic carbocycles. The minimum absolute atomic E-state index is 0.158. The molecule has 0 aromatic heterocycles. The number of hydrogen-bond donors (Lipinski definition) is 1. The molecule has 1 fully saturated rings. The molecule has 1 heterocycles. The van der Waals surface area contributed by atoms with E-state index in [4.69, 9.17) is 14.6 Å². The predicted molar refractivity (Wildman–Crippen MR) is 101 cm³/mol. The highest BCUT2D eigenvalue weighted by Crippen LogP contribution is 2.56. The van der Waals surface area contributed by atoms with Gasteiger partial charge in [-0.2, -0.15) is 8.42 Å². The fourth-order valence-electron chi connectivity index (χ4n) is 2.83. The Balaban J connectivity index is 3.12. The second-order valence-corrected chi connectivity index (χ2v) is 9.82. The molecule has 1 aliphatic heterocycles. The maximum Gasteiger partial charge on any atom is 0.364 e. The fraction of sp³-hybridized carbons (Fsp3) is 0.786. The van der Waals surface area contributed by atoms with Crippen molar-refractivity contribution in [2.24, 2.45) is 5.11 Å². The molecule has 3 atom stereocenters. The maximum atomic E-state index is 13.0. The summed E-state index contributed by atoms with van der Waals surface area (Å²) in [6.07, 6.45) is 0.255. The molecular weight excluding hydrogens is 447 g/mol. The van der Waals surface area contributed by atoms with Crippen LogP contribution in [0, 0.1) is 0 Å². The number of nitrogens with zero attached hydrogens (tertiary/aromatic N) is 4. The average Bonchev–Trinajstić information content (AvgIpc) is 2.63. The first-order chi connectivity index (χ1) is 13.9. The molecule has 14 nitrogen and oxygen atoms in total. The fourth-order valence-corrected chi connectivity index (χ4v) is 5.11. The van der Waals surface area contributed by atoms with E-state index in [2.05, 4.69) is 14.2 Å². The third-order valence-corrected chi connectivity index (χ3v) is 6.81. The number of rotatable bonds is 14. The van der Waals surface area contributed by atoms with Crippen LogP contribution in [0.4, 0.5) is 0 Å². The summed E-state index contributed by atoms with van der Waals surface area (Å²) in [5.74, 6) is -5.24. The average molecular weight is 470 g/mol. The topological polar surface area (TPSA) is 202 Å². The van der Waals surface area contributed by atoms with Crippen molar-refractivity contribution in [3.8, 4) is 0 Å². The van der Waals surface area contributed by atoms with E-state index in [0.717, 1.165) is 6.26 Å². The van der Waals surface area contributed by atoms with E-state index < -0.39 is 59.8 Å². The normalized spacial score (nSPS) is 20.2. The van der Waals surface area contributed by atoms with Crippen molar-refractivity contribution in [1.82, 2.24) is 4.90 Å². The number of carbonyl (C=O) groups excluding carboxylic acids is 2. The molecule has 170 valence electrons. The minimum Gasteiger partial charge on any atom is -0.479 e. The van der Waals surface area contributed by atoms with Crippen molar-refractivity contribution in [3.05, 3.63) is 10.4 Å². The number of β-lactam (4-membered cyclic amide) rings is 1. The SMILES string of the molecule is CCOP(=O)(OCC)C(C(=O)O)N1C(=O)C(N=[N+]=[N-])C1CCC(=O)COS(C)(=O)=O. The number of aliphatic carboxylic acids is 1. The van der Waals surface area contributed by atoms with E-state index >= 15 is 0 Å². The molecule has 0 aromatic rings. The molecule has 30 heavy (non-hydrogen) atoms. The van der Waals surface area contributed by atoms with Crippen molar-refractivity contribution < 1.29 is 45.7 Å². The first-order valence-electron chi connectivity index (χ1n) is 8.75. The van der Waals surface area contributed by atoms with Crippen LogP contribution in [0.2, 0.25) is 0 Å². The van der Waals surface area contributed by atoms with Gasteiger partial charge in [-0.15, -0.1) is 0 Å². The van der Waals surface area contributed by atoms with Crippen LogP contribution in [0.5, 0.6) is 0 Å². The van der Waals surface area contributed by atoms with E-state index in [1.165, 1.54) is 13.8 Å². The summed E-state index contributed by atoms with van der Waals surface area (Å²) in [6.45, 7) is 1.86. The molecule has 0 saturated carbocycles.